The molecule has 0 saturated heterocycles. The fraction of sp³-hybridized carbons (Fsp3) is 0.125. The van der Waals surface area contributed by atoms with Gasteiger partial charge < -0.3 is 10.1 Å². The van der Waals surface area contributed by atoms with Crippen LogP contribution in [0.5, 0.6) is 5.75 Å². The Labute approximate surface area is 189 Å². The van der Waals surface area contributed by atoms with Crippen molar-refractivity contribution in [3.63, 3.8) is 0 Å². The molecule has 0 radical (unpaired) electrons. The molecule has 7 heteroatoms. The maximum Gasteiger partial charge on any atom is 0.295 e. The molecule has 31 heavy (non-hydrogen) atoms. The molecule has 0 aliphatic rings. The minimum Gasteiger partial charge on any atom is -0.497 e. The van der Waals surface area contributed by atoms with Gasteiger partial charge in [0.15, 0.2) is 5.82 Å². The van der Waals surface area contributed by atoms with E-state index in [-0.39, 0.29) is 5.82 Å². The highest BCUT2D eigenvalue weighted by molar-refractivity contribution is 9.10. The van der Waals surface area contributed by atoms with Crippen LogP contribution in [0.1, 0.15) is 21.7 Å². The van der Waals surface area contributed by atoms with E-state index in [1.54, 1.807) is 23.9 Å². The Morgan fingerprint density at radius 3 is 2.52 bits per heavy atom. The minimum atomic E-state index is -0.393. The summed E-state index contributed by atoms with van der Waals surface area (Å²) >= 11 is 3.46. The zero-order valence-electron chi connectivity index (χ0n) is 17.4. The molecule has 0 aliphatic heterocycles. The maximum atomic E-state index is 12.9. The van der Waals surface area contributed by atoms with E-state index in [1.807, 2.05) is 62.4 Å². The van der Waals surface area contributed by atoms with Gasteiger partial charge in [0.2, 0.25) is 5.82 Å². The summed E-state index contributed by atoms with van der Waals surface area (Å²) in [5.74, 6) is 0.938. The first-order valence-corrected chi connectivity index (χ1v) is 10.5. The molecule has 0 atom stereocenters. The summed E-state index contributed by atoms with van der Waals surface area (Å²) in [6.45, 7) is 4.06. The van der Waals surface area contributed by atoms with Gasteiger partial charge in [0, 0.05) is 21.8 Å². The molecule has 1 N–H and O–H groups in total. The lowest BCUT2D eigenvalue weighted by atomic mass is 10.1. The van der Waals surface area contributed by atoms with Gasteiger partial charge in [-0.1, -0.05) is 51.8 Å². The van der Waals surface area contributed by atoms with Crippen molar-refractivity contribution in [3.05, 3.63) is 88.2 Å². The van der Waals surface area contributed by atoms with Gasteiger partial charge in [-0.05, 0) is 49.7 Å². The topological polar surface area (TPSA) is 69.0 Å². The third-order valence-corrected chi connectivity index (χ3v) is 5.35. The van der Waals surface area contributed by atoms with E-state index in [2.05, 4.69) is 37.4 Å². The Hall–Kier alpha value is -3.45. The molecule has 156 valence electrons. The molecule has 0 fully saturated rings. The van der Waals surface area contributed by atoms with E-state index in [0.29, 0.717) is 17.3 Å². The Morgan fingerprint density at radius 2 is 1.81 bits per heavy atom. The number of aromatic nitrogens is 3. The van der Waals surface area contributed by atoms with Crippen molar-refractivity contribution >= 4 is 27.5 Å². The van der Waals surface area contributed by atoms with Crippen LogP contribution in [0.25, 0.3) is 17.1 Å². The van der Waals surface area contributed by atoms with Gasteiger partial charge >= 0.3 is 0 Å². The van der Waals surface area contributed by atoms with Crippen molar-refractivity contribution in [1.82, 2.24) is 14.8 Å². The molecule has 0 bridgehead atoms. The highest BCUT2D eigenvalue weighted by Gasteiger charge is 2.20. The van der Waals surface area contributed by atoms with Gasteiger partial charge in [-0.2, -0.15) is 0 Å². The SMILES string of the molecule is COc1cccc(NC(=O)c2nc(-c3ccc(Br)cc3)n(-c3ccc(C)cc3C)n2)c1. The largest absolute Gasteiger partial charge is 0.497 e. The Kier molecular flexibility index (Phi) is 5.86. The number of nitrogens with zero attached hydrogens (tertiary/aromatic N) is 3. The summed E-state index contributed by atoms with van der Waals surface area (Å²) in [6, 6.07) is 21.0. The number of aryl methyl sites for hydroxylation is 2. The highest BCUT2D eigenvalue weighted by Crippen LogP contribution is 2.26. The van der Waals surface area contributed by atoms with Gasteiger partial charge in [0.25, 0.3) is 5.91 Å². The van der Waals surface area contributed by atoms with Gasteiger partial charge in [-0.3, -0.25) is 4.79 Å². The van der Waals surface area contributed by atoms with Crippen molar-refractivity contribution in [2.75, 3.05) is 12.4 Å². The number of amides is 1. The average molecular weight is 477 g/mol. The van der Waals surface area contributed by atoms with Crippen LogP contribution < -0.4 is 10.1 Å². The molecule has 0 saturated carbocycles. The number of halogens is 1. The average Bonchev–Trinajstić information content (AvgIpc) is 3.19. The number of hydrogen-bond donors (Lipinski definition) is 1. The van der Waals surface area contributed by atoms with Crippen molar-refractivity contribution in [2.24, 2.45) is 0 Å². The summed E-state index contributed by atoms with van der Waals surface area (Å²) < 4.78 is 7.91. The van der Waals surface area contributed by atoms with Crippen LogP contribution in [0.3, 0.4) is 0 Å². The molecule has 4 rings (SSSR count). The zero-order chi connectivity index (χ0) is 22.0. The van der Waals surface area contributed by atoms with Crippen LogP contribution in [0.15, 0.2) is 71.2 Å². The van der Waals surface area contributed by atoms with E-state index in [9.17, 15) is 4.79 Å². The van der Waals surface area contributed by atoms with E-state index in [0.717, 1.165) is 26.9 Å². The number of methoxy groups -OCH3 is 1. The van der Waals surface area contributed by atoms with Gasteiger partial charge in [-0.15, -0.1) is 5.10 Å². The van der Waals surface area contributed by atoms with Gasteiger partial charge in [-0.25, -0.2) is 9.67 Å². The molecular formula is C24H21BrN4O2. The minimum absolute atomic E-state index is 0.0840. The van der Waals surface area contributed by atoms with Crippen LogP contribution >= 0.6 is 15.9 Å². The van der Waals surface area contributed by atoms with E-state index >= 15 is 0 Å². The number of carbonyl (C=O) groups excluding carboxylic acids is 1. The first kappa shape index (κ1) is 20.8. The van der Waals surface area contributed by atoms with Crippen LogP contribution in [0.2, 0.25) is 0 Å². The summed E-state index contributed by atoms with van der Waals surface area (Å²) in [7, 11) is 1.58. The smallest absolute Gasteiger partial charge is 0.295 e. The number of ether oxygens (including phenoxy) is 1. The molecule has 0 spiro atoms. The first-order valence-electron chi connectivity index (χ1n) is 9.70. The second-order valence-electron chi connectivity index (χ2n) is 7.15. The number of benzene rings is 3. The number of anilines is 1. The number of rotatable bonds is 5. The molecule has 1 amide bonds. The number of nitrogens with one attached hydrogen (secondary N) is 1. The molecule has 4 aromatic rings. The molecule has 6 nitrogen and oxygen atoms in total. The van der Waals surface area contributed by atoms with Crippen LogP contribution in [0.4, 0.5) is 5.69 Å². The summed E-state index contributed by atoms with van der Waals surface area (Å²) in [6.07, 6.45) is 0. The van der Waals surface area contributed by atoms with E-state index in [4.69, 9.17) is 4.74 Å². The quantitative estimate of drug-likeness (QED) is 0.408. The van der Waals surface area contributed by atoms with Crippen molar-refractivity contribution in [1.29, 1.82) is 0 Å². The third kappa shape index (κ3) is 4.51. The van der Waals surface area contributed by atoms with Crippen LogP contribution in [-0.4, -0.2) is 27.8 Å². The second kappa shape index (κ2) is 8.73. The molecule has 0 unspecified atom stereocenters. The van der Waals surface area contributed by atoms with Crippen molar-refractivity contribution in [2.45, 2.75) is 13.8 Å². The van der Waals surface area contributed by atoms with Gasteiger partial charge in [0.05, 0.1) is 12.8 Å². The molecule has 1 heterocycles. The first-order chi connectivity index (χ1) is 14.9. The predicted molar refractivity (Wildman–Crippen MR) is 125 cm³/mol. The monoisotopic (exact) mass is 476 g/mol. The lowest BCUT2D eigenvalue weighted by Gasteiger charge is -2.10. The van der Waals surface area contributed by atoms with Crippen LogP contribution in [0, 0.1) is 13.8 Å². The highest BCUT2D eigenvalue weighted by atomic mass is 79.9. The Bertz CT molecular complexity index is 1250. The predicted octanol–water partition coefficient (Wildman–Crippen LogP) is 5.57. The summed E-state index contributed by atoms with van der Waals surface area (Å²) in [5.41, 5.74) is 4.54. The fourth-order valence-electron chi connectivity index (χ4n) is 3.29. The third-order valence-electron chi connectivity index (χ3n) is 4.82. The second-order valence-corrected chi connectivity index (χ2v) is 8.07. The Morgan fingerprint density at radius 1 is 1.03 bits per heavy atom. The maximum absolute atomic E-state index is 12.9. The van der Waals surface area contributed by atoms with Crippen molar-refractivity contribution in [3.8, 4) is 22.8 Å². The standard InChI is InChI=1S/C24H21BrN4O2/c1-15-7-12-21(16(2)13-15)29-23(17-8-10-18(25)11-9-17)27-22(28-29)24(30)26-19-5-4-6-20(14-19)31-3/h4-14H,1-3H3,(H,26,30). The van der Waals surface area contributed by atoms with Crippen molar-refractivity contribution < 1.29 is 9.53 Å². The van der Waals surface area contributed by atoms with E-state index < -0.39 is 5.91 Å². The summed E-state index contributed by atoms with van der Waals surface area (Å²) in [5, 5.41) is 7.40. The van der Waals surface area contributed by atoms with Gasteiger partial charge in [0.1, 0.15) is 5.75 Å². The number of hydrogen-bond acceptors (Lipinski definition) is 4. The molecule has 3 aromatic carbocycles. The van der Waals surface area contributed by atoms with E-state index in [1.165, 1.54) is 0 Å². The lowest BCUT2D eigenvalue weighted by molar-refractivity contribution is 0.101. The zero-order valence-corrected chi connectivity index (χ0v) is 19.0. The summed E-state index contributed by atoms with van der Waals surface area (Å²) in [4.78, 5) is 17.5. The molecule has 1 aromatic heterocycles. The molecule has 0 aliphatic carbocycles. The normalized spacial score (nSPS) is 10.7. The molecular weight excluding hydrogens is 456 g/mol. The Balaban J connectivity index is 1.77. The number of carbonyl (C=O) groups is 1. The fourth-order valence-corrected chi connectivity index (χ4v) is 3.56. The lowest BCUT2D eigenvalue weighted by Crippen LogP contribution is -2.14. The van der Waals surface area contributed by atoms with Crippen LogP contribution in [-0.2, 0) is 0 Å².